The van der Waals surface area contributed by atoms with Gasteiger partial charge in [0.05, 0.1) is 5.69 Å². The van der Waals surface area contributed by atoms with Crippen LogP contribution in [0.25, 0.3) is 0 Å². The first-order valence-corrected chi connectivity index (χ1v) is 7.76. The van der Waals surface area contributed by atoms with E-state index in [2.05, 4.69) is 44.5 Å². The van der Waals surface area contributed by atoms with Gasteiger partial charge >= 0.3 is 0 Å². The van der Waals surface area contributed by atoms with Crippen LogP contribution in [0.4, 0.5) is 0 Å². The number of imidazole rings is 1. The van der Waals surface area contributed by atoms with Crippen LogP contribution in [0.15, 0.2) is 0 Å². The molecule has 3 heteroatoms. The number of aromatic nitrogens is 2. The first-order chi connectivity index (χ1) is 8.97. The van der Waals surface area contributed by atoms with Gasteiger partial charge in [0.15, 0.2) is 0 Å². The van der Waals surface area contributed by atoms with Crippen LogP contribution in [0.2, 0.25) is 0 Å². The van der Waals surface area contributed by atoms with Gasteiger partial charge in [0, 0.05) is 37.2 Å². The summed E-state index contributed by atoms with van der Waals surface area (Å²) in [4.78, 5) is 4.94. The summed E-state index contributed by atoms with van der Waals surface area (Å²) in [5.41, 5.74) is 2.89. The fourth-order valence-corrected chi connectivity index (χ4v) is 2.95. The summed E-state index contributed by atoms with van der Waals surface area (Å²) in [5, 5.41) is 3.44. The second-order valence-corrected chi connectivity index (χ2v) is 6.80. The lowest BCUT2D eigenvalue weighted by Gasteiger charge is -2.24. The SMILES string of the molecule is CCC(CC)Cn1c(C(C)(C)C)nc2c1CCNC2. The lowest BCUT2D eigenvalue weighted by atomic mass is 9.95. The van der Waals surface area contributed by atoms with Crippen molar-refractivity contribution in [3.8, 4) is 0 Å². The van der Waals surface area contributed by atoms with Crippen molar-refractivity contribution in [2.45, 2.75) is 72.4 Å². The van der Waals surface area contributed by atoms with Crippen molar-refractivity contribution in [3.63, 3.8) is 0 Å². The molecule has 1 aromatic heterocycles. The molecule has 0 aromatic carbocycles. The number of rotatable bonds is 4. The van der Waals surface area contributed by atoms with Crippen molar-refractivity contribution in [1.82, 2.24) is 14.9 Å². The van der Waals surface area contributed by atoms with Crippen molar-refractivity contribution in [1.29, 1.82) is 0 Å². The van der Waals surface area contributed by atoms with Crippen molar-refractivity contribution in [3.05, 3.63) is 17.2 Å². The van der Waals surface area contributed by atoms with Gasteiger partial charge in [-0.1, -0.05) is 47.5 Å². The molecular formula is C16H29N3. The van der Waals surface area contributed by atoms with E-state index in [1.807, 2.05) is 0 Å². The fourth-order valence-electron chi connectivity index (χ4n) is 2.95. The Kier molecular flexibility index (Phi) is 4.34. The van der Waals surface area contributed by atoms with Gasteiger partial charge < -0.3 is 9.88 Å². The lowest BCUT2D eigenvalue weighted by molar-refractivity contribution is 0.382. The summed E-state index contributed by atoms with van der Waals surface area (Å²) in [7, 11) is 0. The molecule has 1 N–H and O–H groups in total. The largest absolute Gasteiger partial charge is 0.331 e. The molecule has 0 saturated carbocycles. The molecule has 0 spiro atoms. The summed E-state index contributed by atoms with van der Waals surface area (Å²) in [6, 6.07) is 0. The predicted octanol–water partition coefficient (Wildman–Crippen LogP) is 3.26. The van der Waals surface area contributed by atoms with Gasteiger partial charge in [0.25, 0.3) is 0 Å². The van der Waals surface area contributed by atoms with Crippen LogP contribution >= 0.6 is 0 Å². The van der Waals surface area contributed by atoms with Crippen molar-refractivity contribution >= 4 is 0 Å². The molecule has 1 aliphatic rings. The summed E-state index contributed by atoms with van der Waals surface area (Å²) >= 11 is 0. The molecule has 3 nitrogen and oxygen atoms in total. The van der Waals surface area contributed by atoms with Crippen molar-refractivity contribution in [2.75, 3.05) is 6.54 Å². The molecule has 2 rings (SSSR count). The first kappa shape index (κ1) is 14.6. The fraction of sp³-hybridized carbons (Fsp3) is 0.812. The maximum atomic E-state index is 4.94. The monoisotopic (exact) mass is 263 g/mol. The van der Waals surface area contributed by atoms with Crippen LogP contribution in [-0.2, 0) is 24.9 Å². The predicted molar refractivity (Wildman–Crippen MR) is 80.4 cm³/mol. The third-order valence-electron chi connectivity index (χ3n) is 4.25. The maximum Gasteiger partial charge on any atom is 0.114 e. The molecule has 2 heterocycles. The van der Waals surface area contributed by atoms with Crippen LogP contribution in [0.5, 0.6) is 0 Å². The van der Waals surface area contributed by atoms with Crippen LogP contribution in [-0.4, -0.2) is 16.1 Å². The molecule has 0 radical (unpaired) electrons. The molecule has 0 atom stereocenters. The smallest absolute Gasteiger partial charge is 0.114 e. The van der Waals surface area contributed by atoms with Crippen LogP contribution in [0, 0.1) is 5.92 Å². The Morgan fingerprint density at radius 1 is 1.26 bits per heavy atom. The summed E-state index contributed by atoms with van der Waals surface area (Å²) in [6.07, 6.45) is 3.63. The second-order valence-electron chi connectivity index (χ2n) is 6.80. The molecule has 0 bridgehead atoms. The Balaban J connectivity index is 2.40. The van der Waals surface area contributed by atoms with Crippen molar-refractivity contribution in [2.24, 2.45) is 5.92 Å². The van der Waals surface area contributed by atoms with E-state index >= 15 is 0 Å². The van der Waals surface area contributed by atoms with Crippen LogP contribution < -0.4 is 5.32 Å². The highest BCUT2D eigenvalue weighted by Crippen LogP contribution is 2.28. The Labute approximate surface area is 117 Å². The zero-order valence-corrected chi connectivity index (χ0v) is 13.2. The molecule has 1 aliphatic heterocycles. The molecule has 108 valence electrons. The average molecular weight is 263 g/mol. The molecule has 0 fully saturated rings. The summed E-state index contributed by atoms with van der Waals surface area (Å²) < 4.78 is 2.54. The minimum absolute atomic E-state index is 0.128. The molecule has 0 unspecified atom stereocenters. The van der Waals surface area contributed by atoms with E-state index in [0.717, 1.165) is 32.0 Å². The van der Waals surface area contributed by atoms with Crippen LogP contribution in [0.3, 0.4) is 0 Å². The molecule has 1 aromatic rings. The third kappa shape index (κ3) is 3.02. The molecule has 0 amide bonds. The minimum atomic E-state index is 0.128. The normalized spacial score (nSPS) is 15.9. The highest BCUT2D eigenvalue weighted by molar-refractivity contribution is 5.23. The van der Waals surface area contributed by atoms with Crippen molar-refractivity contribution < 1.29 is 0 Å². The molecular weight excluding hydrogens is 234 g/mol. The summed E-state index contributed by atoms with van der Waals surface area (Å²) in [6.45, 7) is 14.6. The van der Waals surface area contributed by atoms with E-state index in [4.69, 9.17) is 4.98 Å². The van der Waals surface area contributed by atoms with E-state index in [1.54, 1.807) is 0 Å². The standard InChI is InChI=1S/C16H29N3/c1-6-12(7-2)11-19-14-8-9-17-10-13(14)18-15(19)16(3,4)5/h12,17H,6-11H2,1-5H3. The van der Waals surface area contributed by atoms with Gasteiger partial charge in [-0.25, -0.2) is 4.98 Å². The van der Waals surface area contributed by atoms with E-state index in [0.29, 0.717) is 0 Å². The van der Waals surface area contributed by atoms with Gasteiger partial charge in [-0.3, -0.25) is 0 Å². The second kappa shape index (κ2) is 5.66. The Morgan fingerprint density at radius 2 is 1.95 bits per heavy atom. The Hall–Kier alpha value is -0.830. The maximum absolute atomic E-state index is 4.94. The molecule has 19 heavy (non-hydrogen) atoms. The number of fused-ring (bicyclic) bond motifs is 1. The van der Waals surface area contributed by atoms with Crippen LogP contribution in [0.1, 0.15) is 64.7 Å². The number of nitrogens with one attached hydrogen (secondary N) is 1. The number of nitrogens with zero attached hydrogens (tertiary/aromatic N) is 2. The van der Waals surface area contributed by atoms with Gasteiger partial charge in [0.1, 0.15) is 5.82 Å². The number of hydrogen-bond acceptors (Lipinski definition) is 2. The Bertz CT molecular complexity index is 422. The third-order valence-corrected chi connectivity index (χ3v) is 4.25. The van der Waals surface area contributed by atoms with E-state index in [1.165, 1.54) is 30.1 Å². The molecule has 0 saturated heterocycles. The van der Waals surface area contributed by atoms with E-state index in [-0.39, 0.29) is 5.41 Å². The van der Waals surface area contributed by atoms with Gasteiger partial charge in [-0.2, -0.15) is 0 Å². The number of hydrogen-bond donors (Lipinski definition) is 1. The van der Waals surface area contributed by atoms with E-state index in [9.17, 15) is 0 Å². The first-order valence-electron chi connectivity index (χ1n) is 7.76. The lowest BCUT2D eigenvalue weighted by Crippen LogP contribution is -2.27. The van der Waals surface area contributed by atoms with E-state index < -0.39 is 0 Å². The van der Waals surface area contributed by atoms with Gasteiger partial charge in [0.2, 0.25) is 0 Å². The average Bonchev–Trinajstić information content (AvgIpc) is 2.74. The quantitative estimate of drug-likeness (QED) is 0.903. The van der Waals surface area contributed by atoms with Gasteiger partial charge in [-0.05, 0) is 5.92 Å². The minimum Gasteiger partial charge on any atom is -0.331 e. The molecule has 0 aliphatic carbocycles. The topological polar surface area (TPSA) is 29.9 Å². The summed E-state index contributed by atoms with van der Waals surface area (Å²) in [5.74, 6) is 2.04. The highest BCUT2D eigenvalue weighted by atomic mass is 15.1. The zero-order valence-electron chi connectivity index (χ0n) is 13.2. The Morgan fingerprint density at radius 3 is 2.53 bits per heavy atom. The highest BCUT2D eigenvalue weighted by Gasteiger charge is 2.27. The zero-order chi connectivity index (χ0) is 14.0. The van der Waals surface area contributed by atoms with Gasteiger partial charge in [-0.15, -0.1) is 0 Å².